The van der Waals surface area contributed by atoms with Crippen molar-refractivity contribution in [3.8, 4) is 11.5 Å². The number of imide groups is 1. The van der Waals surface area contributed by atoms with E-state index in [-0.39, 0.29) is 27.8 Å². The number of methoxy groups -OCH3 is 2. The van der Waals surface area contributed by atoms with Crippen LogP contribution in [0.3, 0.4) is 0 Å². The van der Waals surface area contributed by atoms with E-state index < -0.39 is 29.6 Å². The van der Waals surface area contributed by atoms with Crippen molar-refractivity contribution >= 4 is 74.1 Å². The van der Waals surface area contributed by atoms with Crippen LogP contribution in [0.1, 0.15) is 29.3 Å². The predicted octanol–water partition coefficient (Wildman–Crippen LogP) is 5.36. The highest BCUT2D eigenvalue weighted by Gasteiger charge is 2.36. The van der Waals surface area contributed by atoms with E-state index >= 15 is 0 Å². The normalized spacial score (nSPS) is 14.2. The smallest absolute Gasteiger partial charge is 0.339 e. The fourth-order valence-corrected chi connectivity index (χ4v) is 4.84. The number of esters is 1. The number of carbonyl (C=O) groups is 4. The minimum atomic E-state index is -0.623. The van der Waals surface area contributed by atoms with E-state index in [0.717, 1.165) is 16.7 Å². The number of thioether (sulfide) groups is 1. The molecule has 190 valence electrons. The van der Waals surface area contributed by atoms with Gasteiger partial charge in [-0.2, -0.15) is 0 Å². The zero-order valence-electron chi connectivity index (χ0n) is 19.6. The molecule has 1 fully saturated rings. The van der Waals surface area contributed by atoms with E-state index in [4.69, 9.17) is 25.8 Å². The van der Waals surface area contributed by atoms with Crippen molar-refractivity contribution < 1.29 is 33.4 Å². The molecule has 2 aromatic carbocycles. The Balaban J connectivity index is 1.72. The average Bonchev–Trinajstić information content (AvgIpc) is 3.10. The van der Waals surface area contributed by atoms with Crippen molar-refractivity contribution in [1.82, 2.24) is 4.90 Å². The zero-order valence-corrected chi connectivity index (χ0v) is 22.7. The Kier molecular flexibility index (Phi) is 9.41. The van der Waals surface area contributed by atoms with Crippen LogP contribution < -0.4 is 14.8 Å². The SMILES string of the molecule is CCCOC(=O)c1cc(NC(=O)CN2C(=O)S/C(=C/c3cc(Br)c(OC)c(OC)c3)C2=O)ccc1Cl. The van der Waals surface area contributed by atoms with E-state index in [1.165, 1.54) is 38.5 Å². The number of ether oxygens (including phenoxy) is 3. The van der Waals surface area contributed by atoms with Gasteiger partial charge in [-0.05, 0) is 76.1 Å². The zero-order chi connectivity index (χ0) is 26.4. The summed E-state index contributed by atoms with van der Waals surface area (Å²) in [4.78, 5) is 51.1. The molecule has 9 nitrogen and oxygen atoms in total. The van der Waals surface area contributed by atoms with Crippen LogP contribution in [-0.4, -0.2) is 55.3 Å². The topological polar surface area (TPSA) is 111 Å². The van der Waals surface area contributed by atoms with E-state index in [1.807, 2.05) is 6.92 Å². The van der Waals surface area contributed by atoms with Crippen molar-refractivity contribution in [3.63, 3.8) is 0 Å². The van der Waals surface area contributed by atoms with Crippen LogP contribution in [0.4, 0.5) is 10.5 Å². The number of nitrogens with zero attached hydrogens (tertiary/aromatic N) is 1. The predicted molar refractivity (Wildman–Crippen MR) is 141 cm³/mol. The molecule has 0 bridgehead atoms. The summed E-state index contributed by atoms with van der Waals surface area (Å²) in [5, 5.41) is 2.16. The molecule has 1 N–H and O–H groups in total. The van der Waals surface area contributed by atoms with E-state index in [2.05, 4.69) is 21.2 Å². The molecule has 0 spiro atoms. The van der Waals surface area contributed by atoms with Gasteiger partial charge in [0.1, 0.15) is 6.54 Å². The maximum absolute atomic E-state index is 12.8. The lowest BCUT2D eigenvalue weighted by atomic mass is 10.2. The first-order valence-corrected chi connectivity index (χ1v) is 12.6. The Morgan fingerprint density at radius 1 is 1.17 bits per heavy atom. The van der Waals surface area contributed by atoms with Crippen molar-refractivity contribution in [2.24, 2.45) is 0 Å². The standard InChI is InChI=1S/C24H22BrClN2O7S/c1-4-7-35-23(31)15-11-14(5-6-17(15)26)27-20(29)12-28-22(30)19(36-24(28)32)10-13-8-16(25)21(34-3)18(9-13)33-2/h5-6,8-11H,4,7,12H2,1-3H3,(H,27,29)/b19-10+. The fraction of sp³-hybridized carbons (Fsp3) is 0.250. The summed E-state index contributed by atoms with van der Waals surface area (Å²) in [5.74, 6) is -0.912. The molecular formula is C24H22BrClN2O7S. The van der Waals surface area contributed by atoms with Gasteiger partial charge < -0.3 is 19.5 Å². The summed E-state index contributed by atoms with van der Waals surface area (Å²) < 4.78 is 16.3. The van der Waals surface area contributed by atoms with E-state index in [9.17, 15) is 19.2 Å². The molecule has 0 atom stereocenters. The molecule has 1 aliphatic rings. The second-order valence-electron chi connectivity index (χ2n) is 7.38. The maximum Gasteiger partial charge on any atom is 0.339 e. The van der Waals surface area contributed by atoms with Gasteiger partial charge in [0, 0.05) is 5.69 Å². The molecule has 3 rings (SSSR count). The van der Waals surface area contributed by atoms with Crippen molar-refractivity contribution in [3.05, 3.63) is 55.9 Å². The molecule has 1 heterocycles. The summed E-state index contributed by atoms with van der Waals surface area (Å²) in [5.41, 5.74) is 0.960. The van der Waals surface area contributed by atoms with Gasteiger partial charge in [-0.25, -0.2) is 4.79 Å². The summed E-state index contributed by atoms with van der Waals surface area (Å²) in [6, 6.07) is 7.70. The van der Waals surface area contributed by atoms with Gasteiger partial charge in [0.05, 0.1) is 40.8 Å². The first kappa shape index (κ1) is 27.6. The molecule has 0 saturated carbocycles. The Morgan fingerprint density at radius 3 is 2.58 bits per heavy atom. The number of hydrogen-bond donors (Lipinski definition) is 1. The van der Waals surface area contributed by atoms with E-state index in [0.29, 0.717) is 28.0 Å². The van der Waals surface area contributed by atoms with Gasteiger partial charge in [0.25, 0.3) is 11.1 Å². The highest BCUT2D eigenvalue weighted by atomic mass is 79.9. The largest absolute Gasteiger partial charge is 0.493 e. The van der Waals surface area contributed by atoms with Crippen LogP contribution in [0.2, 0.25) is 5.02 Å². The van der Waals surface area contributed by atoms with Crippen molar-refractivity contribution in [2.45, 2.75) is 13.3 Å². The first-order chi connectivity index (χ1) is 17.2. The molecule has 36 heavy (non-hydrogen) atoms. The molecule has 0 unspecified atom stereocenters. The van der Waals surface area contributed by atoms with Crippen molar-refractivity contribution in [2.75, 3.05) is 32.7 Å². The number of rotatable bonds is 9. The Morgan fingerprint density at radius 2 is 1.92 bits per heavy atom. The number of halogens is 2. The molecule has 3 amide bonds. The molecule has 12 heteroatoms. The number of benzene rings is 2. The fourth-order valence-electron chi connectivity index (χ4n) is 3.18. The van der Waals surface area contributed by atoms with Crippen LogP contribution in [0, 0.1) is 0 Å². The number of amides is 3. The Labute approximate surface area is 225 Å². The summed E-state index contributed by atoms with van der Waals surface area (Å²) >= 11 is 10.2. The molecule has 2 aromatic rings. The second-order valence-corrected chi connectivity index (χ2v) is 9.64. The van der Waals surface area contributed by atoms with Gasteiger partial charge >= 0.3 is 5.97 Å². The third kappa shape index (κ3) is 6.40. The lowest BCUT2D eigenvalue weighted by molar-refractivity contribution is -0.127. The van der Waals surface area contributed by atoms with Crippen LogP contribution in [-0.2, 0) is 14.3 Å². The Hall–Kier alpha value is -3.02. The minimum Gasteiger partial charge on any atom is -0.493 e. The lowest BCUT2D eigenvalue weighted by Crippen LogP contribution is -2.36. The lowest BCUT2D eigenvalue weighted by Gasteiger charge is -2.13. The minimum absolute atomic E-state index is 0.0955. The number of hydrogen-bond acceptors (Lipinski definition) is 8. The number of nitrogens with one attached hydrogen (secondary N) is 1. The van der Waals surface area contributed by atoms with Crippen LogP contribution in [0.5, 0.6) is 11.5 Å². The van der Waals surface area contributed by atoms with Gasteiger partial charge in [0.15, 0.2) is 11.5 Å². The molecule has 0 aliphatic carbocycles. The third-order valence-electron chi connectivity index (χ3n) is 4.84. The molecule has 1 aliphatic heterocycles. The molecular weight excluding hydrogens is 576 g/mol. The van der Waals surface area contributed by atoms with Crippen molar-refractivity contribution in [1.29, 1.82) is 0 Å². The molecule has 1 saturated heterocycles. The van der Waals surface area contributed by atoms with Gasteiger partial charge in [-0.1, -0.05) is 18.5 Å². The summed E-state index contributed by atoms with van der Waals surface area (Å²) in [6.45, 7) is 1.59. The highest BCUT2D eigenvalue weighted by molar-refractivity contribution is 9.10. The van der Waals surface area contributed by atoms with Gasteiger partial charge in [-0.15, -0.1) is 0 Å². The average molecular weight is 598 g/mol. The molecule has 0 aromatic heterocycles. The monoisotopic (exact) mass is 596 g/mol. The van der Waals surface area contributed by atoms with Gasteiger partial charge in [0.2, 0.25) is 5.91 Å². The second kappa shape index (κ2) is 12.3. The first-order valence-electron chi connectivity index (χ1n) is 10.6. The van der Waals surface area contributed by atoms with Crippen LogP contribution >= 0.6 is 39.3 Å². The quantitative estimate of drug-likeness (QED) is 0.304. The number of anilines is 1. The van der Waals surface area contributed by atoms with Crippen LogP contribution in [0.15, 0.2) is 39.7 Å². The van der Waals surface area contributed by atoms with Gasteiger partial charge in [-0.3, -0.25) is 19.3 Å². The van der Waals surface area contributed by atoms with E-state index in [1.54, 1.807) is 12.1 Å². The Bertz CT molecular complexity index is 1250. The summed E-state index contributed by atoms with van der Waals surface area (Å²) in [7, 11) is 2.99. The third-order valence-corrected chi connectivity index (χ3v) is 6.66. The summed E-state index contributed by atoms with van der Waals surface area (Å²) in [6.07, 6.45) is 2.18. The maximum atomic E-state index is 12.8. The van der Waals surface area contributed by atoms with Crippen LogP contribution in [0.25, 0.3) is 6.08 Å². The highest BCUT2D eigenvalue weighted by Crippen LogP contribution is 2.38. The number of carbonyl (C=O) groups excluding carboxylic acids is 4. The molecule has 0 radical (unpaired) electrons.